The summed E-state index contributed by atoms with van der Waals surface area (Å²) in [5, 5.41) is 9.29. The summed E-state index contributed by atoms with van der Waals surface area (Å²) in [6.07, 6.45) is 7.73. The van der Waals surface area contributed by atoms with E-state index in [1.165, 1.54) is 20.0 Å². The lowest BCUT2D eigenvalue weighted by molar-refractivity contribution is -0.0574. The maximum atomic E-state index is 12.4. The topological polar surface area (TPSA) is 68.6 Å². The smallest absolute Gasteiger partial charge is 0.338 e. The Balaban J connectivity index is 1.54. The van der Waals surface area contributed by atoms with Crippen LogP contribution in [0.25, 0.3) is 10.9 Å². The molecule has 29 heavy (non-hydrogen) atoms. The maximum absolute atomic E-state index is 12.4. The number of methoxy groups -OCH3 is 2. The lowest BCUT2D eigenvalue weighted by Crippen LogP contribution is -2.57. The Bertz CT molecular complexity index is 880. The number of likely N-dealkylation sites (tertiary alicyclic amines) is 1. The largest absolute Gasteiger partial charge is 0.465 e. The number of aryl methyl sites for hydroxylation is 1. The van der Waals surface area contributed by atoms with Crippen molar-refractivity contribution in [3.8, 4) is 0 Å². The summed E-state index contributed by atoms with van der Waals surface area (Å²) in [5.74, 6) is -0.290. The minimum Gasteiger partial charge on any atom is -0.465 e. The molecule has 0 atom stereocenters. The zero-order chi connectivity index (χ0) is 20.5. The van der Waals surface area contributed by atoms with Crippen LogP contribution in [-0.4, -0.2) is 66.1 Å². The van der Waals surface area contributed by atoms with E-state index in [-0.39, 0.29) is 5.97 Å². The minimum absolute atomic E-state index is 0.290. The molecule has 1 aliphatic heterocycles. The average Bonchev–Trinajstić information content (AvgIpc) is 3.08. The summed E-state index contributed by atoms with van der Waals surface area (Å²) in [6.45, 7) is 4.22. The van der Waals surface area contributed by atoms with Crippen LogP contribution in [0.5, 0.6) is 0 Å². The number of esters is 1. The van der Waals surface area contributed by atoms with E-state index in [2.05, 4.69) is 22.2 Å². The molecule has 1 aromatic carbocycles. The first-order valence-electron chi connectivity index (χ1n) is 10.6. The summed E-state index contributed by atoms with van der Waals surface area (Å²) in [4.78, 5) is 15.0. The molecule has 0 bridgehead atoms. The molecule has 7 heteroatoms. The second kappa shape index (κ2) is 8.32. The number of fused-ring (bicyclic) bond motifs is 1. The van der Waals surface area contributed by atoms with E-state index in [4.69, 9.17) is 9.47 Å². The highest BCUT2D eigenvalue weighted by atomic mass is 16.5. The van der Waals surface area contributed by atoms with E-state index in [1.807, 2.05) is 24.0 Å². The van der Waals surface area contributed by atoms with Gasteiger partial charge in [0.05, 0.1) is 30.5 Å². The highest BCUT2D eigenvalue weighted by molar-refractivity contribution is 6.03. The fourth-order valence-electron chi connectivity index (χ4n) is 4.86. The number of carbonyl (C=O) groups excluding carboxylic acids is 1. The van der Waals surface area contributed by atoms with Crippen LogP contribution in [0.4, 0.5) is 5.69 Å². The Kier molecular flexibility index (Phi) is 5.79. The Morgan fingerprint density at radius 2 is 1.97 bits per heavy atom. The van der Waals surface area contributed by atoms with Gasteiger partial charge in [0.25, 0.3) is 0 Å². The van der Waals surface area contributed by atoms with Gasteiger partial charge in [-0.25, -0.2) is 4.79 Å². The van der Waals surface area contributed by atoms with Crippen molar-refractivity contribution in [3.63, 3.8) is 0 Å². The molecule has 0 spiro atoms. The zero-order valence-corrected chi connectivity index (χ0v) is 17.9. The molecule has 2 aliphatic rings. The number of rotatable bonds is 6. The normalized spacial score (nSPS) is 23.2. The zero-order valence-electron chi connectivity index (χ0n) is 17.9. The van der Waals surface area contributed by atoms with Crippen LogP contribution in [0.3, 0.4) is 0 Å². The van der Waals surface area contributed by atoms with Crippen molar-refractivity contribution >= 4 is 22.6 Å². The van der Waals surface area contributed by atoms with E-state index >= 15 is 0 Å². The van der Waals surface area contributed by atoms with Gasteiger partial charge in [-0.15, -0.1) is 0 Å². The van der Waals surface area contributed by atoms with Gasteiger partial charge in [-0.3, -0.25) is 9.58 Å². The molecule has 2 heterocycles. The number of benzene rings is 1. The Labute approximate surface area is 172 Å². The van der Waals surface area contributed by atoms with Crippen molar-refractivity contribution in [1.29, 1.82) is 0 Å². The second-order valence-electron chi connectivity index (χ2n) is 8.29. The first-order valence-corrected chi connectivity index (χ1v) is 10.6. The lowest BCUT2D eigenvalue weighted by atomic mass is 9.87. The third-order valence-electron chi connectivity index (χ3n) is 6.69. The molecule has 1 N–H and O–H groups in total. The van der Waals surface area contributed by atoms with Crippen molar-refractivity contribution in [2.24, 2.45) is 7.05 Å². The molecule has 0 radical (unpaired) electrons. The molecule has 1 aromatic heterocycles. The molecule has 7 nitrogen and oxygen atoms in total. The summed E-state index contributed by atoms with van der Waals surface area (Å²) in [5.41, 5.74) is 3.65. The fraction of sp³-hybridized carbons (Fsp3) is 0.636. The highest BCUT2D eigenvalue weighted by Gasteiger charge is 2.34. The third-order valence-corrected chi connectivity index (χ3v) is 6.69. The predicted molar refractivity (Wildman–Crippen MR) is 113 cm³/mol. The number of nitrogens with zero attached hydrogens (tertiary/aromatic N) is 3. The monoisotopic (exact) mass is 400 g/mol. The van der Waals surface area contributed by atoms with Crippen LogP contribution in [-0.2, 0) is 22.9 Å². The van der Waals surface area contributed by atoms with E-state index < -0.39 is 0 Å². The van der Waals surface area contributed by atoms with E-state index in [9.17, 15) is 4.79 Å². The first-order chi connectivity index (χ1) is 14.0. The van der Waals surface area contributed by atoms with Gasteiger partial charge in [0, 0.05) is 50.4 Å². The highest BCUT2D eigenvalue weighted by Crippen LogP contribution is 2.35. The van der Waals surface area contributed by atoms with Crippen molar-refractivity contribution in [2.45, 2.75) is 57.2 Å². The van der Waals surface area contributed by atoms with Crippen LogP contribution < -0.4 is 5.32 Å². The van der Waals surface area contributed by atoms with Gasteiger partial charge < -0.3 is 14.8 Å². The van der Waals surface area contributed by atoms with Crippen molar-refractivity contribution in [3.05, 3.63) is 23.4 Å². The molecule has 1 aliphatic carbocycles. The van der Waals surface area contributed by atoms with E-state index in [0.717, 1.165) is 54.5 Å². The van der Waals surface area contributed by atoms with Crippen LogP contribution in [0.15, 0.2) is 12.3 Å². The number of hydrogen-bond acceptors (Lipinski definition) is 6. The van der Waals surface area contributed by atoms with Crippen LogP contribution in [0.1, 0.15) is 48.5 Å². The molecule has 1 saturated carbocycles. The lowest BCUT2D eigenvalue weighted by Gasteiger charge is -2.46. The van der Waals surface area contributed by atoms with Crippen molar-refractivity contribution in [2.75, 3.05) is 32.6 Å². The molecular weight excluding hydrogens is 368 g/mol. The van der Waals surface area contributed by atoms with Gasteiger partial charge in [0.1, 0.15) is 0 Å². The third kappa shape index (κ3) is 3.73. The summed E-state index contributed by atoms with van der Waals surface area (Å²) in [7, 11) is 5.15. The Morgan fingerprint density at radius 3 is 2.59 bits per heavy atom. The van der Waals surface area contributed by atoms with E-state index in [0.29, 0.717) is 23.8 Å². The van der Waals surface area contributed by atoms with Crippen LogP contribution in [0, 0.1) is 0 Å². The minimum atomic E-state index is -0.290. The second-order valence-corrected chi connectivity index (χ2v) is 8.29. The summed E-state index contributed by atoms with van der Waals surface area (Å²) < 4.78 is 12.3. The molecule has 4 rings (SSSR count). The van der Waals surface area contributed by atoms with Gasteiger partial charge in [0.15, 0.2) is 0 Å². The van der Waals surface area contributed by atoms with Crippen LogP contribution >= 0.6 is 0 Å². The standard InChI is InChI=1S/C22H32N4O3/c1-5-17-18(22(27)29-4)10-20-19(11-23-25(20)2)21(17)24-14-6-8-15(9-7-14)26-12-16(13-26)28-3/h10-11,14-16,24H,5-9,12-13H2,1-4H3. The number of carbonyl (C=O) groups is 1. The van der Waals surface area contributed by atoms with Crippen molar-refractivity contribution < 1.29 is 14.3 Å². The molecule has 1 saturated heterocycles. The molecule has 0 unspecified atom stereocenters. The molecule has 2 aromatic rings. The first kappa shape index (κ1) is 20.2. The number of ether oxygens (including phenoxy) is 2. The summed E-state index contributed by atoms with van der Waals surface area (Å²) in [6, 6.07) is 2.99. The van der Waals surface area contributed by atoms with Crippen molar-refractivity contribution in [1.82, 2.24) is 14.7 Å². The summed E-state index contributed by atoms with van der Waals surface area (Å²) >= 11 is 0. The quantitative estimate of drug-likeness (QED) is 0.752. The van der Waals surface area contributed by atoms with Gasteiger partial charge in [-0.2, -0.15) is 5.10 Å². The van der Waals surface area contributed by atoms with Crippen LogP contribution in [0.2, 0.25) is 0 Å². The fourth-order valence-corrected chi connectivity index (χ4v) is 4.86. The SMILES string of the molecule is CCc1c(C(=O)OC)cc2c(cnn2C)c1NC1CCC(N2CC(OC)C2)CC1. The Hall–Kier alpha value is -2.12. The number of anilines is 1. The number of hydrogen-bond donors (Lipinski definition) is 1. The molecule has 2 fully saturated rings. The van der Waals surface area contributed by atoms with Gasteiger partial charge in [0.2, 0.25) is 0 Å². The van der Waals surface area contributed by atoms with Gasteiger partial charge in [-0.05, 0) is 43.7 Å². The number of aromatic nitrogens is 2. The molecular formula is C22H32N4O3. The molecule has 0 amide bonds. The maximum Gasteiger partial charge on any atom is 0.338 e. The average molecular weight is 401 g/mol. The van der Waals surface area contributed by atoms with E-state index in [1.54, 1.807) is 7.11 Å². The molecule has 158 valence electrons. The Morgan fingerprint density at radius 1 is 1.24 bits per heavy atom. The van der Waals surface area contributed by atoms with Gasteiger partial charge in [-0.1, -0.05) is 6.92 Å². The predicted octanol–water partition coefficient (Wildman–Crippen LogP) is 2.98. The van der Waals surface area contributed by atoms with Gasteiger partial charge >= 0.3 is 5.97 Å². The number of nitrogens with one attached hydrogen (secondary N) is 1.